The van der Waals surface area contributed by atoms with Crippen LogP contribution in [0.5, 0.6) is 5.75 Å². The molecule has 4 nitrogen and oxygen atoms in total. The fraction of sp³-hybridized carbons (Fsp3) is 0.545. The molecule has 0 aliphatic carbocycles. The van der Waals surface area contributed by atoms with E-state index in [2.05, 4.69) is 10.3 Å². The summed E-state index contributed by atoms with van der Waals surface area (Å²) >= 11 is 0. The summed E-state index contributed by atoms with van der Waals surface area (Å²) < 4.78 is 5.32. The van der Waals surface area contributed by atoms with Crippen molar-refractivity contribution in [3.8, 4) is 5.75 Å². The number of nitrogens with zero attached hydrogens (tertiary/aromatic N) is 1. The first-order chi connectivity index (χ1) is 7.20. The third kappa shape index (κ3) is 2.91. The molecule has 0 saturated carbocycles. The molecular weight excluding hydrogens is 192 g/mol. The highest BCUT2D eigenvalue weighted by Crippen LogP contribution is 2.23. The standard InChI is InChI=1S/C11H18N2O2/c1-4-15-7-9-5-13-8(2)11(14)10(9)6-12-3/h5,12,14H,4,6-7H2,1-3H3. The van der Waals surface area contributed by atoms with Gasteiger partial charge in [-0.3, -0.25) is 4.98 Å². The van der Waals surface area contributed by atoms with Crippen LogP contribution in [0.3, 0.4) is 0 Å². The first-order valence-electron chi connectivity index (χ1n) is 5.09. The van der Waals surface area contributed by atoms with Crippen molar-refractivity contribution in [1.29, 1.82) is 0 Å². The van der Waals surface area contributed by atoms with Gasteiger partial charge in [0.25, 0.3) is 0 Å². The molecule has 1 rings (SSSR count). The van der Waals surface area contributed by atoms with E-state index >= 15 is 0 Å². The van der Waals surface area contributed by atoms with Crippen LogP contribution in [0.25, 0.3) is 0 Å². The highest BCUT2D eigenvalue weighted by atomic mass is 16.5. The second-order valence-corrected chi connectivity index (χ2v) is 3.36. The smallest absolute Gasteiger partial charge is 0.141 e. The average Bonchev–Trinajstić information content (AvgIpc) is 2.24. The van der Waals surface area contributed by atoms with Crippen LogP contribution in [0.2, 0.25) is 0 Å². The van der Waals surface area contributed by atoms with Crippen LogP contribution in [-0.4, -0.2) is 23.7 Å². The molecule has 0 spiro atoms. The van der Waals surface area contributed by atoms with Crippen molar-refractivity contribution in [2.45, 2.75) is 27.0 Å². The summed E-state index contributed by atoms with van der Waals surface area (Å²) in [5.74, 6) is 0.265. The van der Waals surface area contributed by atoms with Crippen molar-refractivity contribution in [3.05, 3.63) is 23.0 Å². The first kappa shape index (κ1) is 11.9. The third-order valence-corrected chi connectivity index (χ3v) is 2.25. The molecule has 0 aliphatic heterocycles. The number of pyridine rings is 1. The molecule has 0 atom stereocenters. The Labute approximate surface area is 90.3 Å². The van der Waals surface area contributed by atoms with Crippen LogP contribution in [0, 0.1) is 6.92 Å². The van der Waals surface area contributed by atoms with Crippen molar-refractivity contribution in [2.75, 3.05) is 13.7 Å². The molecule has 0 fully saturated rings. The van der Waals surface area contributed by atoms with Crippen molar-refractivity contribution < 1.29 is 9.84 Å². The van der Waals surface area contributed by atoms with E-state index in [0.717, 1.165) is 11.1 Å². The van der Waals surface area contributed by atoms with Crippen molar-refractivity contribution in [2.24, 2.45) is 0 Å². The Morgan fingerprint density at radius 1 is 1.53 bits per heavy atom. The highest BCUT2D eigenvalue weighted by Gasteiger charge is 2.10. The lowest BCUT2D eigenvalue weighted by Crippen LogP contribution is -2.10. The molecule has 0 bridgehead atoms. The Morgan fingerprint density at radius 2 is 2.27 bits per heavy atom. The van der Waals surface area contributed by atoms with Gasteiger partial charge in [0.05, 0.1) is 12.3 Å². The van der Waals surface area contributed by atoms with Gasteiger partial charge in [-0.1, -0.05) is 0 Å². The van der Waals surface area contributed by atoms with Gasteiger partial charge >= 0.3 is 0 Å². The fourth-order valence-electron chi connectivity index (χ4n) is 1.39. The SMILES string of the molecule is CCOCc1cnc(C)c(O)c1CNC. The number of hydrogen-bond acceptors (Lipinski definition) is 4. The van der Waals surface area contributed by atoms with E-state index in [4.69, 9.17) is 4.74 Å². The predicted molar refractivity (Wildman–Crippen MR) is 58.7 cm³/mol. The summed E-state index contributed by atoms with van der Waals surface area (Å²) in [5.41, 5.74) is 2.47. The van der Waals surface area contributed by atoms with E-state index in [-0.39, 0.29) is 5.75 Å². The first-order valence-corrected chi connectivity index (χ1v) is 5.09. The fourth-order valence-corrected chi connectivity index (χ4v) is 1.39. The van der Waals surface area contributed by atoms with Gasteiger partial charge < -0.3 is 15.2 Å². The second-order valence-electron chi connectivity index (χ2n) is 3.36. The van der Waals surface area contributed by atoms with Gasteiger partial charge in [0.15, 0.2) is 0 Å². The Hall–Kier alpha value is -1.13. The second kappa shape index (κ2) is 5.68. The maximum Gasteiger partial charge on any atom is 0.141 e. The molecule has 0 aliphatic rings. The Bertz CT molecular complexity index is 327. The molecular formula is C11H18N2O2. The summed E-state index contributed by atoms with van der Waals surface area (Å²) in [6.07, 6.45) is 1.76. The Kier molecular flexibility index (Phi) is 4.52. The molecule has 0 saturated heterocycles. The number of aromatic hydroxyl groups is 1. The lowest BCUT2D eigenvalue weighted by Gasteiger charge is -2.12. The van der Waals surface area contributed by atoms with Crippen molar-refractivity contribution in [1.82, 2.24) is 10.3 Å². The number of aryl methyl sites for hydroxylation is 1. The van der Waals surface area contributed by atoms with Gasteiger partial charge in [-0.25, -0.2) is 0 Å². The van der Waals surface area contributed by atoms with Crippen LogP contribution < -0.4 is 5.32 Å². The zero-order chi connectivity index (χ0) is 11.3. The van der Waals surface area contributed by atoms with Gasteiger partial charge in [-0.05, 0) is 20.9 Å². The average molecular weight is 210 g/mol. The van der Waals surface area contributed by atoms with E-state index in [0.29, 0.717) is 25.5 Å². The zero-order valence-corrected chi connectivity index (χ0v) is 9.50. The third-order valence-electron chi connectivity index (χ3n) is 2.25. The van der Waals surface area contributed by atoms with Crippen LogP contribution >= 0.6 is 0 Å². The highest BCUT2D eigenvalue weighted by molar-refractivity contribution is 5.40. The number of ether oxygens (including phenoxy) is 1. The van der Waals surface area contributed by atoms with Gasteiger partial charge in [0, 0.05) is 30.5 Å². The van der Waals surface area contributed by atoms with E-state index in [9.17, 15) is 5.11 Å². The molecule has 0 unspecified atom stereocenters. The maximum atomic E-state index is 9.85. The minimum atomic E-state index is 0.265. The number of hydrogen-bond donors (Lipinski definition) is 2. The summed E-state index contributed by atoms with van der Waals surface area (Å²) in [7, 11) is 1.85. The van der Waals surface area contributed by atoms with Crippen LogP contribution in [-0.2, 0) is 17.9 Å². The minimum Gasteiger partial charge on any atom is -0.506 e. The summed E-state index contributed by atoms with van der Waals surface area (Å²) in [4.78, 5) is 4.12. The van der Waals surface area contributed by atoms with Gasteiger partial charge in [-0.15, -0.1) is 0 Å². The zero-order valence-electron chi connectivity index (χ0n) is 9.50. The molecule has 0 radical (unpaired) electrons. The summed E-state index contributed by atoms with van der Waals surface area (Å²) in [6, 6.07) is 0. The minimum absolute atomic E-state index is 0.265. The van der Waals surface area contributed by atoms with Crippen LogP contribution in [0.4, 0.5) is 0 Å². The number of aromatic nitrogens is 1. The van der Waals surface area contributed by atoms with Crippen molar-refractivity contribution >= 4 is 0 Å². The van der Waals surface area contributed by atoms with Crippen LogP contribution in [0.15, 0.2) is 6.20 Å². The Morgan fingerprint density at radius 3 is 2.87 bits per heavy atom. The number of nitrogens with one attached hydrogen (secondary N) is 1. The molecule has 1 aromatic rings. The topological polar surface area (TPSA) is 54.4 Å². The van der Waals surface area contributed by atoms with E-state index in [1.54, 1.807) is 13.1 Å². The Balaban J connectivity index is 2.97. The largest absolute Gasteiger partial charge is 0.506 e. The molecule has 0 amide bonds. The van der Waals surface area contributed by atoms with E-state index < -0.39 is 0 Å². The normalized spacial score (nSPS) is 10.6. The van der Waals surface area contributed by atoms with E-state index in [1.807, 2.05) is 14.0 Å². The molecule has 2 N–H and O–H groups in total. The van der Waals surface area contributed by atoms with Crippen molar-refractivity contribution in [3.63, 3.8) is 0 Å². The quantitative estimate of drug-likeness (QED) is 0.770. The summed E-state index contributed by atoms with van der Waals surface area (Å²) in [6.45, 7) is 5.51. The maximum absolute atomic E-state index is 9.85. The number of rotatable bonds is 5. The molecule has 1 heterocycles. The molecule has 84 valence electrons. The predicted octanol–water partition coefficient (Wildman–Crippen LogP) is 1.35. The van der Waals surface area contributed by atoms with Crippen LogP contribution in [0.1, 0.15) is 23.7 Å². The van der Waals surface area contributed by atoms with Gasteiger partial charge in [0.1, 0.15) is 5.75 Å². The summed E-state index contributed by atoms with van der Waals surface area (Å²) in [5, 5.41) is 12.9. The lowest BCUT2D eigenvalue weighted by molar-refractivity contribution is 0.133. The molecule has 4 heteroatoms. The molecule has 1 aromatic heterocycles. The van der Waals surface area contributed by atoms with E-state index in [1.165, 1.54) is 0 Å². The molecule has 15 heavy (non-hydrogen) atoms. The van der Waals surface area contributed by atoms with Gasteiger partial charge in [-0.2, -0.15) is 0 Å². The lowest BCUT2D eigenvalue weighted by atomic mass is 10.1. The monoisotopic (exact) mass is 210 g/mol. The molecule has 0 aromatic carbocycles. The van der Waals surface area contributed by atoms with Gasteiger partial charge in [0.2, 0.25) is 0 Å².